The summed E-state index contributed by atoms with van der Waals surface area (Å²) in [6, 6.07) is 0.271. The lowest BCUT2D eigenvalue weighted by Crippen LogP contribution is -2.51. The van der Waals surface area contributed by atoms with Crippen LogP contribution >= 0.6 is 0 Å². The molecular weight excluding hydrogens is 198 g/mol. The van der Waals surface area contributed by atoms with Crippen LogP contribution in [-0.4, -0.2) is 24.3 Å². The maximum atomic E-state index is 9.09. The second-order valence-corrected chi connectivity index (χ2v) is 6.88. The highest BCUT2D eigenvalue weighted by molar-refractivity contribution is 5.02. The van der Waals surface area contributed by atoms with Gasteiger partial charge in [-0.1, -0.05) is 0 Å². The first-order chi connectivity index (χ1) is 7.69. The third-order valence-electron chi connectivity index (χ3n) is 5.26. The van der Waals surface area contributed by atoms with Crippen molar-refractivity contribution in [2.24, 2.45) is 23.2 Å². The van der Waals surface area contributed by atoms with E-state index >= 15 is 0 Å². The number of hydrogen-bond donors (Lipinski definition) is 2. The van der Waals surface area contributed by atoms with Crippen molar-refractivity contribution in [2.75, 3.05) is 13.2 Å². The van der Waals surface area contributed by atoms with E-state index in [1.807, 2.05) is 0 Å². The molecule has 4 saturated carbocycles. The van der Waals surface area contributed by atoms with Gasteiger partial charge in [-0.25, -0.2) is 0 Å². The molecular formula is C14H25NO. The molecule has 0 aromatic rings. The van der Waals surface area contributed by atoms with Crippen LogP contribution < -0.4 is 5.32 Å². The maximum absolute atomic E-state index is 9.09. The molecule has 4 fully saturated rings. The molecule has 0 unspecified atom stereocenters. The Kier molecular flexibility index (Phi) is 2.75. The van der Waals surface area contributed by atoms with Crippen LogP contribution in [0.25, 0.3) is 0 Å². The molecule has 4 aliphatic carbocycles. The van der Waals surface area contributed by atoms with Gasteiger partial charge in [0.2, 0.25) is 0 Å². The fourth-order valence-corrected chi connectivity index (χ4v) is 4.96. The predicted molar refractivity (Wildman–Crippen MR) is 65.2 cm³/mol. The molecule has 4 aliphatic rings. The van der Waals surface area contributed by atoms with Gasteiger partial charge in [-0.2, -0.15) is 0 Å². The average Bonchev–Trinajstić information content (AvgIpc) is 2.24. The highest BCUT2D eigenvalue weighted by Crippen LogP contribution is 2.59. The molecule has 16 heavy (non-hydrogen) atoms. The van der Waals surface area contributed by atoms with Crippen molar-refractivity contribution < 1.29 is 5.11 Å². The summed E-state index contributed by atoms with van der Waals surface area (Å²) in [4.78, 5) is 0. The summed E-state index contributed by atoms with van der Waals surface area (Å²) in [5.74, 6) is 3.12. The first-order valence-corrected chi connectivity index (χ1v) is 7.03. The number of rotatable bonds is 4. The zero-order valence-corrected chi connectivity index (χ0v) is 10.4. The molecule has 0 aliphatic heterocycles. The second kappa shape index (κ2) is 3.99. The molecule has 0 heterocycles. The molecule has 1 atom stereocenters. The van der Waals surface area contributed by atoms with E-state index in [1.165, 1.54) is 38.5 Å². The van der Waals surface area contributed by atoms with Crippen LogP contribution in [0, 0.1) is 23.2 Å². The normalized spacial score (nSPS) is 47.2. The summed E-state index contributed by atoms with van der Waals surface area (Å²) in [6.07, 6.45) is 8.96. The second-order valence-electron chi connectivity index (χ2n) is 6.88. The van der Waals surface area contributed by atoms with Gasteiger partial charge in [-0.15, -0.1) is 0 Å². The van der Waals surface area contributed by atoms with Crippen molar-refractivity contribution >= 4 is 0 Å². The Hall–Kier alpha value is -0.0800. The zero-order valence-electron chi connectivity index (χ0n) is 10.4. The Balaban J connectivity index is 1.64. The smallest absolute Gasteiger partial charge is 0.0581 e. The lowest BCUT2D eigenvalue weighted by Gasteiger charge is -2.57. The Morgan fingerprint density at radius 1 is 1.12 bits per heavy atom. The minimum atomic E-state index is 0.270. The summed E-state index contributed by atoms with van der Waals surface area (Å²) in [6.45, 7) is 3.51. The van der Waals surface area contributed by atoms with E-state index in [0.717, 1.165) is 24.3 Å². The first-order valence-electron chi connectivity index (χ1n) is 7.03. The molecule has 0 radical (unpaired) electrons. The fourth-order valence-electron chi connectivity index (χ4n) is 4.96. The van der Waals surface area contributed by atoms with Crippen LogP contribution in [0.15, 0.2) is 0 Å². The van der Waals surface area contributed by atoms with Crippen LogP contribution in [0.5, 0.6) is 0 Å². The Bertz CT molecular complexity index is 228. The zero-order chi connectivity index (χ0) is 11.2. The molecule has 4 bridgehead atoms. The molecule has 92 valence electrons. The van der Waals surface area contributed by atoms with Crippen LogP contribution in [0.2, 0.25) is 0 Å². The largest absolute Gasteiger partial charge is 0.395 e. The summed E-state index contributed by atoms with van der Waals surface area (Å²) < 4.78 is 0. The van der Waals surface area contributed by atoms with Crippen LogP contribution in [0.1, 0.15) is 45.4 Å². The van der Waals surface area contributed by atoms with Crippen molar-refractivity contribution in [1.29, 1.82) is 0 Å². The van der Waals surface area contributed by atoms with E-state index in [0.29, 0.717) is 5.41 Å². The third kappa shape index (κ3) is 1.91. The molecule has 4 rings (SSSR count). The summed E-state index contributed by atoms with van der Waals surface area (Å²) in [5, 5.41) is 12.6. The van der Waals surface area contributed by atoms with Gasteiger partial charge in [-0.05, 0) is 68.6 Å². The van der Waals surface area contributed by atoms with Crippen molar-refractivity contribution in [2.45, 2.75) is 51.5 Å². The molecule has 0 aromatic heterocycles. The van der Waals surface area contributed by atoms with E-state index < -0.39 is 0 Å². The van der Waals surface area contributed by atoms with E-state index in [4.69, 9.17) is 5.11 Å². The number of aliphatic hydroxyl groups is 1. The molecule has 0 saturated heterocycles. The SMILES string of the molecule is C[C@@H](CO)NCC12CC3CC(CC(C3)C1)C2. The Labute approximate surface area is 98.8 Å². The van der Waals surface area contributed by atoms with Gasteiger partial charge in [-0.3, -0.25) is 0 Å². The van der Waals surface area contributed by atoms with Gasteiger partial charge < -0.3 is 10.4 Å². The van der Waals surface area contributed by atoms with E-state index in [9.17, 15) is 0 Å². The fraction of sp³-hybridized carbons (Fsp3) is 1.00. The molecule has 0 spiro atoms. The number of nitrogens with one attached hydrogen (secondary N) is 1. The minimum absolute atomic E-state index is 0.270. The van der Waals surface area contributed by atoms with Crippen LogP contribution in [-0.2, 0) is 0 Å². The van der Waals surface area contributed by atoms with Gasteiger partial charge in [0.25, 0.3) is 0 Å². The highest BCUT2D eigenvalue weighted by atomic mass is 16.3. The van der Waals surface area contributed by atoms with E-state index in [2.05, 4.69) is 12.2 Å². The van der Waals surface area contributed by atoms with Gasteiger partial charge in [0.15, 0.2) is 0 Å². The third-order valence-corrected chi connectivity index (χ3v) is 5.26. The van der Waals surface area contributed by atoms with Crippen LogP contribution in [0.4, 0.5) is 0 Å². The van der Waals surface area contributed by atoms with Gasteiger partial charge in [0.1, 0.15) is 0 Å². The maximum Gasteiger partial charge on any atom is 0.0581 e. The topological polar surface area (TPSA) is 32.3 Å². The van der Waals surface area contributed by atoms with Crippen molar-refractivity contribution in [3.8, 4) is 0 Å². The first kappa shape index (κ1) is 11.0. The number of aliphatic hydroxyl groups excluding tert-OH is 1. The standard InChI is InChI=1S/C14H25NO/c1-10(8-16)15-9-14-5-11-2-12(6-14)4-13(3-11)7-14/h10-13,15-16H,2-9H2,1H3/t10-,11?,12?,13?,14?/m0/s1. The highest BCUT2D eigenvalue weighted by Gasteiger charge is 2.50. The Morgan fingerprint density at radius 2 is 1.62 bits per heavy atom. The average molecular weight is 223 g/mol. The molecule has 2 heteroatoms. The van der Waals surface area contributed by atoms with Crippen LogP contribution in [0.3, 0.4) is 0 Å². The lowest BCUT2D eigenvalue weighted by molar-refractivity contribution is -0.0528. The monoisotopic (exact) mass is 223 g/mol. The van der Waals surface area contributed by atoms with Crippen molar-refractivity contribution in [3.05, 3.63) is 0 Å². The molecule has 0 amide bonds. The summed E-state index contributed by atoms with van der Waals surface area (Å²) in [7, 11) is 0. The molecule has 2 nitrogen and oxygen atoms in total. The van der Waals surface area contributed by atoms with Gasteiger partial charge in [0, 0.05) is 12.6 Å². The summed E-state index contributed by atoms with van der Waals surface area (Å²) >= 11 is 0. The molecule has 0 aromatic carbocycles. The quantitative estimate of drug-likeness (QED) is 0.765. The van der Waals surface area contributed by atoms with Gasteiger partial charge in [0.05, 0.1) is 6.61 Å². The molecule has 2 N–H and O–H groups in total. The predicted octanol–water partition coefficient (Wildman–Crippen LogP) is 2.17. The van der Waals surface area contributed by atoms with E-state index in [1.54, 1.807) is 0 Å². The lowest BCUT2D eigenvalue weighted by atomic mass is 9.49. The minimum Gasteiger partial charge on any atom is -0.395 e. The van der Waals surface area contributed by atoms with Crippen molar-refractivity contribution in [3.63, 3.8) is 0 Å². The van der Waals surface area contributed by atoms with Gasteiger partial charge >= 0.3 is 0 Å². The van der Waals surface area contributed by atoms with Crippen molar-refractivity contribution in [1.82, 2.24) is 5.32 Å². The Morgan fingerprint density at radius 3 is 2.06 bits per heavy atom. The number of hydrogen-bond acceptors (Lipinski definition) is 2. The van der Waals surface area contributed by atoms with E-state index in [-0.39, 0.29) is 12.6 Å². The summed E-state index contributed by atoms with van der Waals surface area (Å²) in [5.41, 5.74) is 0.609.